The van der Waals surface area contributed by atoms with Gasteiger partial charge < -0.3 is 5.73 Å². The molecule has 4 nitrogen and oxygen atoms in total. The van der Waals surface area contributed by atoms with Gasteiger partial charge in [0.1, 0.15) is 0 Å². The number of nitrogens with one attached hydrogen (secondary N) is 1. The fraction of sp³-hybridized carbons (Fsp3) is 1.00. The number of sulfonamides is 1. The third-order valence-corrected chi connectivity index (χ3v) is 2.53. The lowest BCUT2D eigenvalue weighted by molar-refractivity contribution is -0.132. The molecule has 0 rings (SSSR count). The van der Waals surface area contributed by atoms with Crippen LogP contribution in [0.1, 0.15) is 6.42 Å². The number of rotatable bonds is 5. The van der Waals surface area contributed by atoms with E-state index in [1.165, 1.54) is 0 Å². The van der Waals surface area contributed by atoms with E-state index in [4.69, 9.17) is 5.73 Å². The van der Waals surface area contributed by atoms with Crippen molar-refractivity contribution in [2.24, 2.45) is 5.73 Å². The van der Waals surface area contributed by atoms with E-state index in [0.717, 1.165) is 0 Å². The zero-order valence-corrected chi connectivity index (χ0v) is 7.58. The van der Waals surface area contributed by atoms with E-state index in [2.05, 4.69) is 0 Å². The Hall–Kier alpha value is -0.340. The normalized spacial score (nSPS) is 13.2. The van der Waals surface area contributed by atoms with Gasteiger partial charge in [-0.15, -0.1) is 0 Å². The summed E-state index contributed by atoms with van der Waals surface area (Å²) in [6.07, 6.45) is -5.51. The lowest BCUT2D eigenvalue weighted by Gasteiger charge is -2.07. The zero-order valence-electron chi connectivity index (χ0n) is 6.76. The minimum Gasteiger partial charge on any atom is -0.329 e. The van der Waals surface area contributed by atoms with Crippen LogP contribution in [-0.2, 0) is 10.0 Å². The van der Waals surface area contributed by atoms with Gasteiger partial charge in [0.25, 0.3) is 0 Å². The summed E-state index contributed by atoms with van der Waals surface area (Å²) in [5.41, 5.74) is 4.93. The Kier molecular flexibility index (Phi) is 4.65. The van der Waals surface area contributed by atoms with Crippen LogP contribution in [0.5, 0.6) is 0 Å². The van der Waals surface area contributed by atoms with E-state index < -0.39 is 29.2 Å². The molecule has 0 heterocycles. The fourth-order valence-corrected chi connectivity index (χ4v) is 1.44. The van der Waals surface area contributed by atoms with Crippen LogP contribution < -0.4 is 10.5 Å². The van der Waals surface area contributed by atoms with Crippen molar-refractivity contribution >= 4 is 10.0 Å². The Morgan fingerprint density at radius 3 is 2.23 bits per heavy atom. The van der Waals surface area contributed by atoms with Gasteiger partial charge in [-0.2, -0.15) is 13.2 Å². The van der Waals surface area contributed by atoms with E-state index in [1.807, 2.05) is 0 Å². The second kappa shape index (κ2) is 4.77. The number of alkyl halides is 3. The molecule has 0 unspecified atom stereocenters. The van der Waals surface area contributed by atoms with Crippen LogP contribution in [0.2, 0.25) is 0 Å². The fourth-order valence-electron chi connectivity index (χ4n) is 0.576. The molecule has 0 aliphatic heterocycles. The first-order chi connectivity index (χ1) is 5.77. The molecule has 0 aromatic carbocycles. The van der Waals surface area contributed by atoms with Gasteiger partial charge in [-0.05, 0) is 0 Å². The second-order valence-electron chi connectivity index (χ2n) is 2.37. The van der Waals surface area contributed by atoms with Crippen LogP contribution in [0.3, 0.4) is 0 Å². The third-order valence-electron chi connectivity index (χ3n) is 1.12. The van der Waals surface area contributed by atoms with E-state index in [9.17, 15) is 21.6 Å². The minimum atomic E-state index is -4.34. The molecule has 8 heteroatoms. The molecule has 0 aliphatic carbocycles. The first-order valence-corrected chi connectivity index (χ1v) is 5.16. The Labute approximate surface area is 74.3 Å². The van der Waals surface area contributed by atoms with Gasteiger partial charge in [0.15, 0.2) is 0 Å². The summed E-state index contributed by atoms with van der Waals surface area (Å²) in [6.45, 7) is -0.743. The maximum Gasteiger partial charge on any atom is 0.390 e. The molecule has 0 spiro atoms. The predicted molar refractivity (Wildman–Crippen MR) is 41.5 cm³/mol. The summed E-state index contributed by atoms with van der Waals surface area (Å²) in [4.78, 5) is 0. The molecule has 0 amide bonds. The molecule has 0 bridgehead atoms. The summed E-state index contributed by atoms with van der Waals surface area (Å²) in [7, 11) is -3.63. The van der Waals surface area contributed by atoms with Gasteiger partial charge in [-0.3, -0.25) is 0 Å². The highest BCUT2D eigenvalue weighted by Gasteiger charge is 2.27. The second-order valence-corrected chi connectivity index (χ2v) is 4.29. The van der Waals surface area contributed by atoms with Gasteiger partial charge >= 0.3 is 6.18 Å². The topological polar surface area (TPSA) is 72.2 Å². The number of halogens is 3. The highest BCUT2D eigenvalue weighted by atomic mass is 32.2. The summed E-state index contributed by atoms with van der Waals surface area (Å²) < 4.78 is 58.0. The van der Waals surface area contributed by atoms with E-state index in [0.29, 0.717) is 0 Å². The summed E-state index contributed by atoms with van der Waals surface area (Å²) in [5, 5.41) is 0. The van der Waals surface area contributed by atoms with E-state index in [1.54, 1.807) is 4.72 Å². The highest BCUT2D eigenvalue weighted by molar-refractivity contribution is 7.89. The van der Waals surface area contributed by atoms with Crippen molar-refractivity contribution in [3.8, 4) is 0 Å². The van der Waals surface area contributed by atoms with Crippen molar-refractivity contribution in [2.75, 3.05) is 18.8 Å². The molecule has 0 aromatic rings. The molecule has 3 N–H and O–H groups in total. The average Bonchev–Trinajstić information content (AvgIpc) is 1.82. The molecule has 0 fully saturated rings. The standard InChI is InChI=1S/C5H11F3N2O2S/c6-5(7,8)1-3-10-13(11,12)4-2-9/h10H,1-4,9H2. The van der Waals surface area contributed by atoms with Crippen LogP contribution >= 0.6 is 0 Å². The zero-order chi connectivity index (χ0) is 10.5. The molecular weight excluding hydrogens is 209 g/mol. The van der Waals surface area contributed by atoms with Crippen molar-refractivity contribution < 1.29 is 21.6 Å². The number of nitrogens with two attached hydrogens (primary N) is 1. The van der Waals surface area contributed by atoms with E-state index >= 15 is 0 Å². The summed E-state index contributed by atoms with van der Waals surface area (Å²) in [5.74, 6) is -0.356. The lowest BCUT2D eigenvalue weighted by atomic mass is 10.4. The van der Waals surface area contributed by atoms with Gasteiger partial charge in [-0.25, -0.2) is 13.1 Å². The maximum absolute atomic E-state index is 11.6. The molecule has 0 saturated heterocycles. The van der Waals surface area contributed by atoms with Crippen LogP contribution in [0, 0.1) is 0 Å². The Bertz CT molecular complexity index is 237. The van der Waals surface area contributed by atoms with Crippen molar-refractivity contribution in [1.29, 1.82) is 0 Å². The summed E-state index contributed by atoms with van der Waals surface area (Å²) in [6, 6.07) is 0. The SMILES string of the molecule is NCCS(=O)(=O)NCCC(F)(F)F. The quantitative estimate of drug-likeness (QED) is 0.675. The van der Waals surface area contributed by atoms with Crippen LogP contribution in [0.15, 0.2) is 0 Å². The largest absolute Gasteiger partial charge is 0.390 e. The first kappa shape index (κ1) is 12.7. The van der Waals surface area contributed by atoms with Crippen LogP contribution in [0.25, 0.3) is 0 Å². The van der Waals surface area contributed by atoms with Gasteiger partial charge in [-0.1, -0.05) is 0 Å². The van der Waals surface area contributed by atoms with Gasteiger partial charge in [0.05, 0.1) is 12.2 Å². The first-order valence-electron chi connectivity index (χ1n) is 3.51. The van der Waals surface area contributed by atoms with Crippen molar-refractivity contribution in [3.05, 3.63) is 0 Å². The summed E-state index contributed by atoms with van der Waals surface area (Å²) >= 11 is 0. The molecule has 80 valence electrons. The molecular formula is C5H11F3N2O2S. The molecule has 0 atom stereocenters. The van der Waals surface area contributed by atoms with Crippen LogP contribution in [0.4, 0.5) is 13.2 Å². The molecule has 0 aromatic heterocycles. The Morgan fingerprint density at radius 1 is 1.31 bits per heavy atom. The lowest BCUT2D eigenvalue weighted by Crippen LogP contribution is -2.32. The molecule has 0 radical (unpaired) electrons. The van der Waals surface area contributed by atoms with Crippen molar-refractivity contribution in [2.45, 2.75) is 12.6 Å². The van der Waals surface area contributed by atoms with Crippen LogP contribution in [-0.4, -0.2) is 33.4 Å². The Morgan fingerprint density at radius 2 is 1.85 bits per heavy atom. The molecule has 0 aliphatic rings. The van der Waals surface area contributed by atoms with Gasteiger partial charge in [0, 0.05) is 13.1 Å². The molecule has 0 saturated carbocycles. The Balaban J connectivity index is 3.77. The van der Waals surface area contributed by atoms with Crippen molar-refractivity contribution in [1.82, 2.24) is 4.72 Å². The third kappa shape index (κ3) is 8.00. The predicted octanol–water partition coefficient (Wildman–Crippen LogP) is -0.183. The van der Waals surface area contributed by atoms with Gasteiger partial charge in [0.2, 0.25) is 10.0 Å². The smallest absolute Gasteiger partial charge is 0.329 e. The monoisotopic (exact) mass is 220 g/mol. The van der Waals surface area contributed by atoms with E-state index in [-0.39, 0.29) is 12.3 Å². The minimum absolute atomic E-state index is 0.110. The highest BCUT2D eigenvalue weighted by Crippen LogP contribution is 2.18. The number of hydrogen-bond donors (Lipinski definition) is 2. The van der Waals surface area contributed by atoms with Crippen molar-refractivity contribution in [3.63, 3.8) is 0 Å². The number of hydrogen-bond acceptors (Lipinski definition) is 3. The maximum atomic E-state index is 11.6. The average molecular weight is 220 g/mol. The molecule has 13 heavy (non-hydrogen) atoms.